The number of halogens is 1. The third kappa shape index (κ3) is 3.51. The first-order valence-corrected chi connectivity index (χ1v) is 7.06. The van der Waals surface area contributed by atoms with E-state index < -0.39 is 0 Å². The summed E-state index contributed by atoms with van der Waals surface area (Å²) in [6.45, 7) is 0.197. The Hall–Kier alpha value is -2.66. The monoisotopic (exact) mass is 312 g/mol. The van der Waals surface area contributed by atoms with Crippen LogP contribution in [0.4, 0.5) is 5.69 Å². The van der Waals surface area contributed by atoms with E-state index in [9.17, 15) is 4.79 Å². The predicted molar refractivity (Wildman–Crippen MR) is 85.5 cm³/mol. The van der Waals surface area contributed by atoms with E-state index in [-0.39, 0.29) is 12.5 Å². The molecule has 0 bridgehead atoms. The standard InChI is InChI=1S/C16H13ClN4O/c17-13-3-1-12(2-4-13)15-9-21(11-19-15)10-16(22)20-14-5-7-18-8-6-14/h1-9,11H,10H2,(H,18,20,22). The summed E-state index contributed by atoms with van der Waals surface area (Å²) < 4.78 is 1.74. The molecule has 1 amide bonds. The van der Waals surface area contributed by atoms with Crippen molar-refractivity contribution in [1.82, 2.24) is 14.5 Å². The number of anilines is 1. The summed E-state index contributed by atoms with van der Waals surface area (Å²) >= 11 is 5.87. The number of carbonyl (C=O) groups excluding carboxylic acids is 1. The predicted octanol–water partition coefficient (Wildman–Crippen LogP) is 3.24. The Kier molecular flexibility index (Phi) is 4.16. The molecular weight excluding hydrogens is 300 g/mol. The van der Waals surface area contributed by atoms with Gasteiger partial charge in [0.2, 0.25) is 5.91 Å². The third-order valence-electron chi connectivity index (χ3n) is 3.06. The maximum absolute atomic E-state index is 12.0. The zero-order chi connectivity index (χ0) is 15.4. The van der Waals surface area contributed by atoms with Gasteiger partial charge in [-0.05, 0) is 24.3 Å². The number of benzene rings is 1. The Balaban J connectivity index is 1.66. The van der Waals surface area contributed by atoms with Gasteiger partial charge in [0, 0.05) is 34.9 Å². The van der Waals surface area contributed by atoms with Gasteiger partial charge in [-0.15, -0.1) is 0 Å². The van der Waals surface area contributed by atoms with E-state index in [2.05, 4.69) is 15.3 Å². The Morgan fingerprint density at radius 1 is 1.14 bits per heavy atom. The maximum Gasteiger partial charge on any atom is 0.244 e. The fraction of sp³-hybridized carbons (Fsp3) is 0.0625. The van der Waals surface area contributed by atoms with Crippen LogP contribution in [0.15, 0.2) is 61.3 Å². The number of imidazole rings is 1. The number of pyridine rings is 1. The number of rotatable bonds is 4. The Morgan fingerprint density at radius 3 is 2.59 bits per heavy atom. The molecule has 3 aromatic rings. The number of amides is 1. The molecule has 0 unspecified atom stereocenters. The quantitative estimate of drug-likeness (QED) is 0.804. The molecule has 1 aromatic carbocycles. The average molecular weight is 313 g/mol. The van der Waals surface area contributed by atoms with Gasteiger partial charge < -0.3 is 9.88 Å². The molecule has 5 nitrogen and oxygen atoms in total. The van der Waals surface area contributed by atoms with Crippen LogP contribution in [0.2, 0.25) is 5.02 Å². The molecule has 0 saturated heterocycles. The summed E-state index contributed by atoms with van der Waals surface area (Å²) in [6.07, 6.45) is 6.72. The van der Waals surface area contributed by atoms with Crippen LogP contribution in [0, 0.1) is 0 Å². The van der Waals surface area contributed by atoms with E-state index in [1.807, 2.05) is 30.5 Å². The Bertz CT molecular complexity index is 768. The average Bonchev–Trinajstić information content (AvgIpc) is 2.97. The SMILES string of the molecule is O=C(Cn1cnc(-c2ccc(Cl)cc2)c1)Nc1ccncc1. The fourth-order valence-corrected chi connectivity index (χ4v) is 2.14. The van der Waals surface area contributed by atoms with Crippen molar-refractivity contribution in [3.63, 3.8) is 0 Å². The van der Waals surface area contributed by atoms with Crippen molar-refractivity contribution >= 4 is 23.2 Å². The first kappa shape index (κ1) is 14.3. The summed E-state index contributed by atoms with van der Waals surface area (Å²) in [5, 5.41) is 3.48. The molecule has 0 atom stereocenters. The Morgan fingerprint density at radius 2 is 1.86 bits per heavy atom. The molecule has 0 radical (unpaired) electrons. The van der Waals surface area contributed by atoms with Crippen LogP contribution in [0.3, 0.4) is 0 Å². The van der Waals surface area contributed by atoms with Crippen LogP contribution >= 0.6 is 11.6 Å². The van der Waals surface area contributed by atoms with E-state index in [4.69, 9.17) is 11.6 Å². The molecule has 6 heteroatoms. The van der Waals surface area contributed by atoms with Crippen LogP contribution < -0.4 is 5.32 Å². The molecule has 0 aliphatic heterocycles. The van der Waals surface area contributed by atoms with Gasteiger partial charge in [0.1, 0.15) is 6.54 Å². The molecule has 22 heavy (non-hydrogen) atoms. The Labute approximate surface area is 132 Å². The summed E-state index contributed by atoms with van der Waals surface area (Å²) in [6, 6.07) is 10.9. The lowest BCUT2D eigenvalue weighted by Gasteiger charge is -2.04. The summed E-state index contributed by atoms with van der Waals surface area (Å²) in [5.74, 6) is -0.119. The number of hydrogen-bond donors (Lipinski definition) is 1. The van der Waals surface area contributed by atoms with Crippen molar-refractivity contribution in [1.29, 1.82) is 0 Å². The topological polar surface area (TPSA) is 59.8 Å². The summed E-state index contributed by atoms with van der Waals surface area (Å²) in [7, 11) is 0. The first-order chi connectivity index (χ1) is 10.7. The molecule has 0 fully saturated rings. The minimum absolute atomic E-state index is 0.119. The van der Waals surface area contributed by atoms with Crippen molar-refractivity contribution in [2.75, 3.05) is 5.32 Å². The molecule has 0 spiro atoms. The number of aromatic nitrogens is 3. The molecule has 0 aliphatic rings. The number of nitrogens with one attached hydrogen (secondary N) is 1. The van der Waals surface area contributed by atoms with Crippen molar-refractivity contribution in [3.05, 3.63) is 66.3 Å². The van der Waals surface area contributed by atoms with Crippen LogP contribution in [0.1, 0.15) is 0 Å². The van der Waals surface area contributed by atoms with E-state index in [1.54, 1.807) is 35.4 Å². The molecule has 0 aliphatic carbocycles. The van der Waals surface area contributed by atoms with Crippen molar-refractivity contribution in [3.8, 4) is 11.3 Å². The number of hydrogen-bond acceptors (Lipinski definition) is 3. The van der Waals surface area contributed by atoms with E-state index in [0.717, 1.165) is 16.9 Å². The van der Waals surface area contributed by atoms with Crippen molar-refractivity contribution < 1.29 is 4.79 Å². The molecule has 110 valence electrons. The number of nitrogens with zero attached hydrogens (tertiary/aromatic N) is 3. The van der Waals surface area contributed by atoms with Crippen LogP contribution in [0.25, 0.3) is 11.3 Å². The molecule has 1 N–H and O–H groups in total. The van der Waals surface area contributed by atoms with Crippen molar-refractivity contribution in [2.45, 2.75) is 6.54 Å². The van der Waals surface area contributed by atoms with Gasteiger partial charge in [0.05, 0.1) is 12.0 Å². The molecule has 0 saturated carbocycles. The highest BCUT2D eigenvalue weighted by molar-refractivity contribution is 6.30. The molecular formula is C16H13ClN4O. The third-order valence-corrected chi connectivity index (χ3v) is 3.32. The van der Waals surface area contributed by atoms with Gasteiger partial charge in [-0.1, -0.05) is 23.7 Å². The first-order valence-electron chi connectivity index (χ1n) is 6.68. The lowest BCUT2D eigenvalue weighted by molar-refractivity contribution is -0.116. The van der Waals surface area contributed by atoms with E-state index >= 15 is 0 Å². The smallest absolute Gasteiger partial charge is 0.244 e. The van der Waals surface area contributed by atoms with Gasteiger partial charge in [0.25, 0.3) is 0 Å². The fourth-order valence-electron chi connectivity index (χ4n) is 2.02. The second kappa shape index (κ2) is 6.41. The minimum Gasteiger partial charge on any atom is -0.327 e. The highest BCUT2D eigenvalue weighted by Crippen LogP contribution is 2.19. The summed E-state index contributed by atoms with van der Waals surface area (Å²) in [4.78, 5) is 20.2. The van der Waals surface area contributed by atoms with Crippen LogP contribution in [-0.4, -0.2) is 20.4 Å². The van der Waals surface area contributed by atoms with Gasteiger partial charge >= 0.3 is 0 Å². The van der Waals surface area contributed by atoms with Gasteiger partial charge in [-0.2, -0.15) is 0 Å². The van der Waals surface area contributed by atoms with Crippen molar-refractivity contribution in [2.24, 2.45) is 0 Å². The maximum atomic E-state index is 12.0. The zero-order valence-electron chi connectivity index (χ0n) is 11.6. The lowest BCUT2D eigenvalue weighted by Crippen LogP contribution is -2.17. The summed E-state index contributed by atoms with van der Waals surface area (Å²) in [5.41, 5.74) is 2.48. The number of carbonyl (C=O) groups is 1. The van der Waals surface area contributed by atoms with Gasteiger partial charge in [0.15, 0.2) is 0 Å². The highest BCUT2D eigenvalue weighted by atomic mass is 35.5. The van der Waals surface area contributed by atoms with E-state index in [0.29, 0.717) is 5.02 Å². The molecule has 2 aromatic heterocycles. The van der Waals surface area contributed by atoms with Crippen LogP contribution in [0.5, 0.6) is 0 Å². The minimum atomic E-state index is -0.119. The van der Waals surface area contributed by atoms with Crippen LogP contribution in [-0.2, 0) is 11.3 Å². The lowest BCUT2D eigenvalue weighted by atomic mass is 10.2. The molecule has 2 heterocycles. The van der Waals surface area contributed by atoms with Gasteiger partial charge in [-0.25, -0.2) is 4.98 Å². The largest absolute Gasteiger partial charge is 0.327 e. The zero-order valence-corrected chi connectivity index (χ0v) is 12.4. The normalized spacial score (nSPS) is 10.4. The van der Waals surface area contributed by atoms with Gasteiger partial charge in [-0.3, -0.25) is 9.78 Å². The second-order valence-electron chi connectivity index (χ2n) is 4.72. The molecule has 3 rings (SSSR count). The van der Waals surface area contributed by atoms with E-state index in [1.165, 1.54) is 0 Å². The highest BCUT2D eigenvalue weighted by Gasteiger charge is 2.06. The second-order valence-corrected chi connectivity index (χ2v) is 5.16.